The van der Waals surface area contributed by atoms with E-state index in [1.165, 1.54) is 4.57 Å². The third kappa shape index (κ3) is 6.70. The van der Waals surface area contributed by atoms with Crippen molar-refractivity contribution in [3.8, 4) is 11.3 Å². The fourth-order valence-electron chi connectivity index (χ4n) is 5.12. The summed E-state index contributed by atoms with van der Waals surface area (Å²) in [5, 5.41) is 15.8. The van der Waals surface area contributed by atoms with E-state index in [0.717, 1.165) is 16.8 Å². The number of aliphatic hydroxyl groups is 1. The zero-order valence-electron chi connectivity index (χ0n) is 25.7. The fourth-order valence-corrected chi connectivity index (χ4v) is 5.12. The van der Waals surface area contributed by atoms with Crippen LogP contribution in [0.5, 0.6) is 0 Å². The number of nitrogens with one attached hydrogen (secondary N) is 2. The van der Waals surface area contributed by atoms with E-state index in [1.807, 2.05) is 31.2 Å². The summed E-state index contributed by atoms with van der Waals surface area (Å²) in [7, 11) is 1.66. The molecule has 0 spiro atoms. The largest absolute Gasteiger partial charge is 0.393 e. The molecule has 10 nitrogen and oxygen atoms in total. The number of carbonyl (C=O) groups is 2. The lowest BCUT2D eigenvalue weighted by atomic mass is 9.91. The number of piperidine rings is 1. The van der Waals surface area contributed by atoms with Crippen LogP contribution in [-0.4, -0.2) is 55.5 Å². The van der Waals surface area contributed by atoms with Crippen LogP contribution >= 0.6 is 0 Å². The Morgan fingerprint density at radius 1 is 0.977 bits per heavy atom. The molecule has 0 aliphatic carbocycles. The van der Waals surface area contributed by atoms with Crippen molar-refractivity contribution in [2.75, 3.05) is 23.7 Å². The summed E-state index contributed by atoms with van der Waals surface area (Å²) in [5.74, 6) is -0.221. The standard InChI is InChI=1S/C34H38N6O4/c1-21-26(7-6-8-27(21)38-31(42)23-11-14-29(35-19-23)34(2,3)4)28-20-39(5)33(44)30(37-28)36-24-12-9-22(10-13-24)32(43)40-17-15-25(41)16-18-40/h6-14,19-20,25,41H,15-18H2,1-5H3,(H,36,37)(H,38,42). The minimum Gasteiger partial charge on any atom is -0.393 e. The third-order valence-electron chi connectivity index (χ3n) is 7.87. The van der Waals surface area contributed by atoms with E-state index in [1.54, 1.807) is 54.7 Å². The molecule has 10 heteroatoms. The third-order valence-corrected chi connectivity index (χ3v) is 7.87. The maximum absolute atomic E-state index is 13.0. The second-order valence-corrected chi connectivity index (χ2v) is 12.2. The average molecular weight is 595 g/mol. The quantitative estimate of drug-likeness (QED) is 0.285. The van der Waals surface area contributed by atoms with Gasteiger partial charge in [0.15, 0.2) is 5.82 Å². The van der Waals surface area contributed by atoms with Gasteiger partial charge in [0, 0.05) is 66.1 Å². The molecule has 4 aromatic rings. The number of anilines is 3. The molecule has 0 saturated carbocycles. The monoisotopic (exact) mass is 594 g/mol. The molecule has 1 fully saturated rings. The van der Waals surface area contributed by atoms with E-state index in [2.05, 4.69) is 41.4 Å². The van der Waals surface area contributed by atoms with Gasteiger partial charge in [-0.1, -0.05) is 32.9 Å². The van der Waals surface area contributed by atoms with Crippen LogP contribution in [0.15, 0.2) is 71.8 Å². The predicted octanol–water partition coefficient (Wildman–Crippen LogP) is 5.04. The van der Waals surface area contributed by atoms with Crippen LogP contribution in [0.4, 0.5) is 17.2 Å². The molecule has 0 radical (unpaired) electrons. The fraction of sp³-hybridized carbons (Fsp3) is 0.324. The van der Waals surface area contributed by atoms with Crippen molar-refractivity contribution in [3.63, 3.8) is 0 Å². The van der Waals surface area contributed by atoms with E-state index >= 15 is 0 Å². The van der Waals surface area contributed by atoms with Crippen molar-refractivity contribution in [1.29, 1.82) is 0 Å². The lowest BCUT2D eigenvalue weighted by Crippen LogP contribution is -2.40. The Morgan fingerprint density at radius 3 is 2.30 bits per heavy atom. The number of aryl methyl sites for hydroxylation is 1. The Hall–Kier alpha value is -4.83. The minimum absolute atomic E-state index is 0.0832. The molecule has 3 heterocycles. The van der Waals surface area contributed by atoms with Crippen LogP contribution in [-0.2, 0) is 12.5 Å². The first-order chi connectivity index (χ1) is 20.9. The first kappa shape index (κ1) is 30.6. The number of hydrogen-bond acceptors (Lipinski definition) is 7. The van der Waals surface area contributed by atoms with E-state index < -0.39 is 0 Å². The van der Waals surface area contributed by atoms with Gasteiger partial charge in [0.1, 0.15) is 0 Å². The zero-order valence-corrected chi connectivity index (χ0v) is 25.7. The van der Waals surface area contributed by atoms with Crippen LogP contribution in [0.25, 0.3) is 11.3 Å². The van der Waals surface area contributed by atoms with Gasteiger partial charge in [0.2, 0.25) is 0 Å². The lowest BCUT2D eigenvalue weighted by Gasteiger charge is -2.29. The van der Waals surface area contributed by atoms with E-state index in [0.29, 0.717) is 54.1 Å². The molecule has 1 saturated heterocycles. The smallest absolute Gasteiger partial charge is 0.293 e. The molecule has 5 rings (SSSR count). The molecule has 1 aliphatic rings. The van der Waals surface area contributed by atoms with Gasteiger partial charge in [0.05, 0.1) is 17.4 Å². The molecular weight excluding hydrogens is 556 g/mol. The summed E-state index contributed by atoms with van der Waals surface area (Å²) in [4.78, 5) is 49.8. The van der Waals surface area contributed by atoms with Crippen LogP contribution in [0.3, 0.4) is 0 Å². The molecule has 44 heavy (non-hydrogen) atoms. The second-order valence-electron chi connectivity index (χ2n) is 12.2. The maximum atomic E-state index is 13.0. The minimum atomic E-state index is -0.351. The Bertz CT molecular complexity index is 1730. The molecule has 0 unspecified atom stereocenters. The van der Waals surface area contributed by atoms with Crippen molar-refractivity contribution >= 4 is 29.0 Å². The average Bonchev–Trinajstić information content (AvgIpc) is 3.00. The van der Waals surface area contributed by atoms with Gasteiger partial charge in [-0.25, -0.2) is 4.98 Å². The Kier molecular flexibility index (Phi) is 8.64. The predicted molar refractivity (Wildman–Crippen MR) is 171 cm³/mol. The normalized spacial score (nSPS) is 13.9. The number of benzene rings is 2. The topological polar surface area (TPSA) is 129 Å². The van der Waals surface area contributed by atoms with Crippen LogP contribution < -0.4 is 16.2 Å². The van der Waals surface area contributed by atoms with E-state index in [9.17, 15) is 19.5 Å². The van der Waals surface area contributed by atoms with Crippen LogP contribution in [0.1, 0.15) is 65.6 Å². The van der Waals surface area contributed by atoms with Gasteiger partial charge >= 0.3 is 0 Å². The summed E-state index contributed by atoms with van der Waals surface area (Å²) >= 11 is 0. The zero-order chi connectivity index (χ0) is 31.6. The number of rotatable bonds is 6. The summed E-state index contributed by atoms with van der Waals surface area (Å²) in [6.45, 7) is 9.16. The summed E-state index contributed by atoms with van der Waals surface area (Å²) < 4.78 is 1.46. The Labute approximate surface area is 256 Å². The van der Waals surface area contributed by atoms with Gasteiger partial charge in [-0.3, -0.25) is 19.4 Å². The van der Waals surface area contributed by atoms with Crippen molar-refractivity contribution in [2.45, 2.75) is 52.1 Å². The summed E-state index contributed by atoms with van der Waals surface area (Å²) in [5.41, 5.74) is 4.82. The second kappa shape index (κ2) is 12.4. The van der Waals surface area contributed by atoms with E-state index in [4.69, 9.17) is 0 Å². The van der Waals surface area contributed by atoms with Gasteiger partial charge < -0.3 is 25.2 Å². The lowest BCUT2D eigenvalue weighted by molar-refractivity contribution is 0.0546. The number of likely N-dealkylation sites (tertiary alicyclic amines) is 1. The first-order valence-electron chi connectivity index (χ1n) is 14.7. The highest BCUT2D eigenvalue weighted by atomic mass is 16.3. The number of pyridine rings is 1. The maximum Gasteiger partial charge on any atom is 0.293 e. The molecular formula is C34H38N6O4. The van der Waals surface area contributed by atoms with Gasteiger partial charge in [-0.2, -0.15) is 0 Å². The van der Waals surface area contributed by atoms with E-state index in [-0.39, 0.29) is 34.7 Å². The number of carbonyl (C=O) groups excluding carboxylic acids is 2. The van der Waals surface area contributed by atoms with Gasteiger partial charge in [-0.05, 0) is 67.8 Å². The summed E-state index contributed by atoms with van der Waals surface area (Å²) in [6.07, 6.45) is 4.05. The number of nitrogens with zero attached hydrogens (tertiary/aromatic N) is 4. The van der Waals surface area contributed by atoms with Crippen molar-refractivity contribution in [1.82, 2.24) is 19.4 Å². The number of aliphatic hydroxyl groups excluding tert-OH is 1. The molecule has 0 atom stereocenters. The van der Waals surface area contributed by atoms with Gasteiger partial charge in [0.25, 0.3) is 17.4 Å². The molecule has 0 bridgehead atoms. The molecule has 1 aliphatic heterocycles. The highest BCUT2D eigenvalue weighted by molar-refractivity contribution is 6.05. The molecule has 2 aromatic carbocycles. The SMILES string of the molecule is Cc1c(NC(=O)c2ccc(C(C)(C)C)nc2)cccc1-c1cn(C)c(=O)c(Nc2ccc(C(=O)N3CCC(O)CC3)cc2)n1. The van der Waals surface area contributed by atoms with Crippen LogP contribution in [0, 0.1) is 6.92 Å². The molecule has 228 valence electrons. The summed E-state index contributed by atoms with van der Waals surface area (Å²) in [6, 6.07) is 16.1. The highest BCUT2D eigenvalue weighted by Gasteiger charge is 2.22. The Balaban J connectivity index is 1.34. The Morgan fingerprint density at radius 2 is 1.66 bits per heavy atom. The number of aromatic nitrogens is 3. The highest BCUT2D eigenvalue weighted by Crippen LogP contribution is 2.29. The van der Waals surface area contributed by atoms with Crippen molar-refractivity contribution in [3.05, 3.63) is 99.7 Å². The molecule has 2 amide bonds. The molecule has 3 N–H and O–H groups in total. The number of amides is 2. The molecule has 2 aromatic heterocycles. The number of hydrogen-bond donors (Lipinski definition) is 3. The first-order valence-corrected chi connectivity index (χ1v) is 14.7. The van der Waals surface area contributed by atoms with Crippen LogP contribution in [0.2, 0.25) is 0 Å². The van der Waals surface area contributed by atoms with Crippen molar-refractivity contribution in [2.24, 2.45) is 7.05 Å². The van der Waals surface area contributed by atoms with Gasteiger partial charge in [-0.15, -0.1) is 0 Å². The van der Waals surface area contributed by atoms with Crippen molar-refractivity contribution < 1.29 is 14.7 Å².